The van der Waals surface area contributed by atoms with Gasteiger partial charge >= 0.3 is 5.69 Å². The quantitative estimate of drug-likeness (QED) is 0.0734. The van der Waals surface area contributed by atoms with Gasteiger partial charge in [-0.25, -0.2) is 0 Å². The maximum absolute atomic E-state index is 12.6. The van der Waals surface area contributed by atoms with Gasteiger partial charge in [0.25, 0.3) is 5.69 Å². The molecule has 0 saturated carbocycles. The van der Waals surface area contributed by atoms with E-state index in [-0.39, 0.29) is 15.6 Å². The molecule has 0 heterocycles. The van der Waals surface area contributed by atoms with Gasteiger partial charge < -0.3 is 19.9 Å². The largest absolute Gasteiger partial charge is 0.417 e. The zero-order chi connectivity index (χ0) is 39.8. The van der Waals surface area contributed by atoms with Crippen LogP contribution in [0.25, 0.3) is 0 Å². The van der Waals surface area contributed by atoms with Crippen LogP contribution in [0.5, 0.6) is 0 Å². The number of benzene rings is 2. The monoisotopic (exact) mass is 880 g/mol. The number of rotatable bonds is 16. The Kier molecular flexibility index (Phi) is 21.7. The van der Waals surface area contributed by atoms with Crippen molar-refractivity contribution >= 4 is 65.6 Å². The molecule has 0 aliphatic heterocycles. The first-order valence-electron chi connectivity index (χ1n) is 17.5. The summed E-state index contributed by atoms with van der Waals surface area (Å²) < 4.78 is 26.2. The third-order valence-corrected chi connectivity index (χ3v) is 19.6. The van der Waals surface area contributed by atoms with Crippen LogP contribution in [0.2, 0.25) is 36.3 Å². The Bertz CT molecular complexity index is 1370. The molecular formula is C36H63Br2FN4O6Si2. The Morgan fingerprint density at radius 2 is 1.20 bits per heavy atom. The zero-order valence-corrected chi connectivity index (χ0v) is 38.0. The predicted octanol–water partition coefficient (Wildman–Crippen LogP) is 12.1. The first kappa shape index (κ1) is 49.2. The maximum atomic E-state index is 12.6. The number of halogens is 3. The third-order valence-electron chi connectivity index (χ3n) is 9.53. The van der Waals surface area contributed by atoms with E-state index < -0.39 is 33.1 Å². The van der Waals surface area contributed by atoms with Crippen molar-refractivity contribution in [1.82, 2.24) is 0 Å². The predicted molar refractivity (Wildman–Crippen MR) is 222 cm³/mol. The molecule has 2 atom stereocenters. The molecule has 3 N–H and O–H groups in total. The number of hydrogen-bond donors (Lipinski definition) is 2. The van der Waals surface area contributed by atoms with Crippen molar-refractivity contribution < 1.29 is 23.1 Å². The fourth-order valence-corrected chi connectivity index (χ4v) is 6.76. The normalized spacial score (nSPS) is 13.3. The average Bonchev–Trinajstić information content (AvgIpc) is 2.99. The highest BCUT2D eigenvalue weighted by atomic mass is 79.9. The van der Waals surface area contributed by atoms with E-state index in [1.807, 2.05) is 0 Å². The summed E-state index contributed by atoms with van der Waals surface area (Å²) in [6, 6.07) is 8.54. The van der Waals surface area contributed by atoms with Crippen molar-refractivity contribution in [3.63, 3.8) is 0 Å². The minimum Gasteiger partial charge on any atom is -0.417 e. The Labute approximate surface area is 325 Å². The second-order valence-electron chi connectivity index (χ2n) is 16.1. The van der Waals surface area contributed by atoms with Gasteiger partial charge in [-0.15, -0.1) is 0 Å². The Morgan fingerprint density at radius 3 is 1.59 bits per heavy atom. The standard InChI is InChI=1S/C18H31BrN2O3Si.C12H29NOSi.C6H3BrFNO2/c1-14(8-7-11-24-25(5,6)18(2,3)4)13-20-16-12-15(19)9-10-17(16)21(22)23;1-11(10-13)8-7-9-14-15(5,6)12(2,3)4;7-4-1-2-6(9(10)11)5(8)3-4/h9-10,12,14,20H,7-8,11,13H2,1-6H3;11H,7-10,13H2,1-6H3;1-3H/t14-;11-;/m11./s1. The molecule has 0 bridgehead atoms. The number of nitrogens with one attached hydrogen (secondary N) is 1. The molecule has 0 fully saturated rings. The molecule has 0 saturated heterocycles. The van der Waals surface area contributed by atoms with E-state index in [1.54, 1.807) is 12.1 Å². The van der Waals surface area contributed by atoms with E-state index in [9.17, 15) is 24.6 Å². The van der Waals surface area contributed by atoms with Crippen LogP contribution in [0, 0.1) is 37.9 Å². The lowest BCUT2D eigenvalue weighted by Crippen LogP contribution is -2.41. The van der Waals surface area contributed by atoms with Gasteiger partial charge in [0.2, 0.25) is 5.82 Å². The summed E-state index contributed by atoms with van der Waals surface area (Å²) >= 11 is 6.35. The summed E-state index contributed by atoms with van der Waals surface area (Å²) in [4.78, 5) is 20.1. The van der Waals surface area contributed by atoms with Gasteiger partial charge in [-0.2, -0.15) is 4.39 Å². The number of anilines is 1. The molecule has 2 aromatic carbocycles. The van der Waals surface area contributed by atoms with Gasteiger partial charge in [0.15, 0.2) is 16.6 Å². The average molecular weight is 883 g/mol. The first-order chi connectivity index (χ1) is 23.3. The molecule has 0 aromatic heterocycles. The molecule has 51 heavy (non-hydrogen) atoms. The molecule has 15 heteroatoms. The molecule has 2 aromatic rings. The van der Waals surface area contributed by atoms with E-state index >= 15 is 0 Å². The summed E-state index contributed by atoms with van der Waals surface area (Å²) in [6.45, 7) is 30.3. The summed E-state index contributed by atoms with van der Waals surface area (Å²) in [5.74, 6) is 0.221. The second kappa shape index (κ2) is 22.5. The highest BCUT2D eigenvalue weighted by molar-refractivity contribution is 9.10. The lowest BCUT2D eigenvalue weighted by atomic mass is 10.1. The van der Waals surface area contributed by atoms with Crippen molar-refractivity contribution in [3.05, 3.63) is 71.4 Å². The van der Waals surface area contributed by atoms with Crippen LogP contribution in [-0.4, -0.2) is 52.8 Å². The summed E-state index contributed by atoms with van der Waals surface area (Å²) in [6.07, 6.45) is 4.37. The van der Waals surface area contributed by atoms with Crippen molar-refractivity contribution in [2.24, 2.45) is 17.6 Å². The lowest BCUT2D eigenvalue weighted by molar-refractivity contribution is -0.387. The van der Waals surface area contributed by atoms with Gasteiger partial charge in [-0.3, -0.25) is 20.2 Å². The minimum atomic E-state index is -1.67. The molecule has 0 amide bonds. The third kappa shape index (κ3) is 19.2. The summed E-state index contributed by atoms with van der Waals surface area (Å²) in [7, 11) is -3.19. The zero-order valence-electron chi connectivity index (χ0n) is 32.8. The van der Waals surface area contributed by atoms with E-state index in [1.165, 1.54) is 18.6 Å². The van der Waals surface area contributed by atoms with Crippen molar-refractivity contribution in [2.75, 3.05) is 31.6 Å². The van der Waals surface area contributed by atoms with E-state index in [2.05, 4.69) is 119 Å². The smallest absolute Gasteiger partial charge is 0.304 e. The van der Waals surface area contributed by atoms with Crippen LogP contribution in [-0.2, 0) is 8.85 Å². The number of nitrogens with zero attached hydrogens (tertiary/aromatic N) is 2. The van der Waals surface area contributed by atoms with Crippen LogP contribution in [0.3, 0.4) is 0 Å². The topological polar surface area (TPSA) is 143 Å². The SMILES string of the molecule is C[C@@H](CN)CCCO[Si](C)(C)C(C)(C)C.C[C@H](CCCO[Si](C)(C)C(C)(C)C)CNc1cc(Br)ccc1[N+](=O)[O-].O=[N+]([O-])c1ccc(Br)cc1F. The van der Waals surface area contributed by atoms with Crippen molar-refractivity contribution in [2.45, 2.75) is 117 Å². The minimum absolute atomic E-state index is 0.108. The molecule has 0 aliphatic rings. The van der Waals surface area contributed by atoms with Gasteiger partial charge in [0, 0.05) is 40.8 Å². The van der Waals surface area contributed by atoms with Gasteiger partial charge in [0.1, 0.15) is 5.69 Å². The summed E-state index contributed by atoms with van der Waals surface area (Å²) in [5.41, 5.74) is 5.74. The van der Waals surface area contributed by atoms with Crippen LogP contribution in [0.4, 0.5) is 21.5 Å². The highest BCUT2D eigenvalue weighted by Gasteiger charge is 2.37. The van der Waals surface area contributed by atoms with Crippen LogP contribution >= 0.6 is 31.9 Å². The molecule has 0 radical (unpaired) electrons. The second-order valence-corrected chi connectivity index (χ2v) is 27.6. The number of nitro groups is 2. The van der Waals surface area contributed by atoms with E-state index in [0.717, 1.165) is 55.6 Å². The maximum Gasteiger partial charge on any atom is 0.304 e. The highest BCUT2D eigenvalue weighted by Crippen LogP contribution is 2.37. The van der Waals surface area contributed by atoms with Gasteiger partial charge in [-0.1, -0.05) is 87.2 Å². The molecule has 0 unspecified atom stereocenters. The van der Waals surface area contributed by atoms with Crippen LogP contribution < -0.4 is 11.1 Å². The van der Waals surface area contributed by atoms with Gasteiger partial charge in [-0.05, 0) is 105 Å². The van der Waals surface area contributed by atoms with Crippen LogP contribution in [0.15, 0.2) is 45.3 Å². The fourth-order valence-electron chi connectivity index (χ4n) is 3.89. The summed E-state index contributed by atoms with van der Waals surface area (Å²) in [5, 5.41) is 25.0. The van der Waals surface area contributed by atoms with E-state index in [4.69, 9.17) is 14.6 Å². The van der Waals surface area contributed by atoms with Crippen molar-refractivity contribution in [1.29, 1.82) is 0 Å². The van der Waals surface area contributed by atoms with Crippen LogP contribution in [0.1, 0.15) is 81.1 Å². The number of nitrogens with two attached hydrogens (primary N) is 1. The van der Waals surface area contributed by atoms with Crippen molar-refractivity contribution in [3.8, 4) is 0 Å². The molecular weight excluding hydrogens is 819 g/mol. The molecule has 0 aliphatic carbocycles. The molecule has 0 spiro atoms. The molecule has 292 valence electrons. The van der Waals surface area contributed by atoms with E-state index in [0.29, 0.717) is 33.6 Å². The molecule has 10 nitrogen and oxygen atoms in total. The Balaban J connectivity index is 0.000000813. The Hall–Kier alpha value is -1.76. The molecule has 2 rings (SSSR count). The van der Waals surface area contributed by atoms with Gasteiger partial charge in [0.05, 0.1) is 9.85 Å². The number of nitro benzene ring substituents is 2. The fraction of sp³-hybridized carbons (Fsp3) is 0.667. The first-order valence-corrected chi connectivity index (χ1v) is 24.9. The lowest BCUT2D eigenvalue weighted by Gasteiger charge is -2.36. The Morgan fingerprint density at radius 1 is 0.784 bits per heavy atom. The number of hydrogen-bond acceptors (Lipinski definition) is 8.